The number of hydrogen-bond acceptors (Lipinski definition) is 3. The molecule has 5 nitrogen and oxygen atoms in total. The van der Waals surface area contributed by atoms with Crippen LogP contribution in [0.15, 0.2) is 24.3 Å². The number of rotatable bonds is 6. The van der Waals surface area contributed by atoms with Crippen molar-refractivity contribution in [3.05, 3.63) is 29.8 Å². The van der Waals surface area contributed by atoms with Crippen LogP contribution in [0.4, 0.5) is 8.78 Å². The number of hydrogen-bond donors (Lipinski definition) is 1. The zero-order chi connectivity index (χ0) is 14.7. The number of benzene rings is 1. The summed E-state index contributed by atoms with van der Waals surface area (Å²) >= 11 is 0. The number of alkyl halides is 2. The highest BCUT2D eigenvalue weighted by Crippen LogP contribution is 2.28. The normalized spacial score (nSPS) is 14.2. The van der Waals surface area contributed by atoms with Crippen LogP contribution in [-0.4, -0.2) is 41.1 Å². The number of aliphatic carboxylic acids is 1. The molecule has 0 aromatic heterocycles. The van der Waals surface area contributed by atoms with Gasteiger partial charge in [0.05, 0.1) is 0 Å². The van der Waals surface area contributed by atoms with Crippen LogP contribution in [0.25, 0.3) is 0 Å². The number of carbonyl (C=O) groups excluding carboxylic acids is 1. The second-order valence-corrected chi connectivity index (χ2v) is 4.46. The van der Waals surface area contributed by atoms with E-state index in [4.69, 9.17) is 5.11 Å². The summed E-state index contributed by atoms with van der Waals surface area (Å²) in [6, 6.07) is 5.26. The molecule has 0 atom stereocenters. The van der Waals surface area contributed by atoms with Gasteiger partial charge in [0, 0.05) is 11.6 Å². The van der Waals surface area contributed by atoms with E-state index < -0.39 is 25.0 Å². The van der Waals surface area contributed by atoms with Gasteiger partial charge in [-0.15, -0.1) is 0 Å². The Kier molecular flexibility index (Phi) is 4.16. The highest BCUT2D eigenvalue weighted by molar-refractivity contribution is 5.96. The molecule has 1 aliphatic carbocycles. The predicted molar refractivity (Wildman–Crippen MR) is 64.8 cm³/mol. The van der Waals surface area contributed by atoms with Gasteiger partial charge in [-0.25, -0.2) is 0 Å². The first-order valence-corrected chi connectivity index (χ1v) is 6.05. The van der Waals surface area contributed by atoms with E-state index in [1.165, 1.54) is 29.2 Å². The van der Waals surface area contributed by atoms with Crippen LogP contribution in [-0.2, 0) is 4.79 Å². The number of halogens is 2. The monoisotopic (exact) mass is 285 g/mol. The molecule has 0 spiro atoms. The minimum Gasteiger partial charge on any atom is -0.480 e. The second-order valence-electron chi connectivity index (χ2n) is 4.46. The molecule has 1 fully saturated rings. The van der Waals surface area contributed by atoms with Crippen LogP contribution in [0, 0.1) is 0 Å². The van der Waals surface area contributed by atoms with Crippen LogP contribution in [0.5, 0.6) is 5.75 Å². The maximum absolute atomic E-state index is 12.2. The van der Waals surface area contributed by atoms with E-state index >= 15 is 0 Å². The summed E-state index contributed by atoms with van der Waals surface area (Å²) in [5.41, 5.74) is 0.135. The van der Waals surface area contributed by atoms with Gasteiger partial charge in [-0.05, 0) is 31.0 Å². The number of ether oxygens (including phenoxy) is 1. The number of amides is 1. The first kappa shape index (κ1) is 14.2. The third-order valence-electron chi connectivity index (χ3n) is 2.86. The van der Waals surface area contributed by atoms with Gasteiger partial charge in [0.1, 0.15) is 12.3 Å². The van der Waals surface area contributed by atoms with Crippen molar-refractivity contribution in [1.82, 2.24) is 4.90 Å². The summed E-state index contributed by atoms with van der Waals surface area (Å²) in [4.78, 5) is 24.2. The number of nitrogens with zero attached hydrogens (tertiary/aromatic N) is 1. The summed E-state index contributed by atoms with van der Waals surface area (Å²) in [7, 11) is 0. The van der Waals surface area contributed by atoms with Crippen molar-refractivity contribution in [1.29, 1.82) is 0 Å². The lowest BCUT2D eigenvalue weighted by molar-refractivity contribution is -0.137. The van der Waals surface area contributed by atoms with Crippen LogP contribution in [0.3, 0.4) is 0 Å². The van der Waals surface area contributed by atoms with Crippen molar-refractivity contribution in [3.63, 3.8) is 0 Å². The molecule has 0 radical (unpaired) electrons. The average Bonchev–Trinajstić information content (AvgIpc) is 3.18. The fourth-order valence-electron chi connectivity index (χ4n) is 1.87. The quantitative estimate of drug-likeness (QED) is 0.867. The van der Waals surface area contributed by atoms with E-state index in [1.807, 2.05) is 0 Å². The largest absolute Gasteiger partial charge is 0.480 e. The van der Waals surface area contributed by atoms with Crippen LogP contribution >= 0.6 is 0 Å². The highest BCUT2D eigenvalue weighted by atomic mass is 19.3. The zero-order valence-electron chi connectivity index (χ0n) is 10.5. The Bertz CT molecular complexity index is 517. The highest BCUT2D eigenvalue weighted by Gasteiger charge is 2.34. The van der Waals surface area contributed by atoms with Crippen molar-refractivity contribution in [2.45, 2.75) is 25.5 Å². The van der Waals surface area contributed by atoms with E-state index in [1.54, 1.807) is 0 Å². The molecule has 1 aliphatic rings. The summed E-state index contributed by atoms with van der Waals surface area (Å²) in [5.74, 6) is -1.73. The Labute approximate surface area is 113 Å². The van der Waals surface area contributed by atoms with E-state index in [0.717, 1.165) is 12.8 Å². The molecule has 1 aromatic carbocycles. The molecule has 108 valence electrons. The Hall–Kier alpha value is -2.18. The average molecular weight is 285 g/mol. The molecule has 0 bridgehead atoms. The zero-order valence-corrected chi connectivity index (χ0v) is 10.5. The molecule has 7 heteroatoms. The van der Waals surface area contributed by atoms with Crippen LogP contribution in [0.1, 0.15) is 23.2 Å². The first-order valence-electron chi connectivity index (χ1n) is 6.05. The lowest BCUT2D eigenvalue weighted by Crippen LogP contribution is -2.37. The van der Waals surface area contributed by atoms with E-state index in [-0.39, 0.29) is 17.4 Å². The molecule has 0 unspecified atom stereocenters. The third-order valence-corrected chi connectivity index (χ3v) is 2.86. The summed E-state index contributed by atoms with van der Waals surface area (Å²) in [6.07, 6.45) is 1.51. The molecule has 2 rings (SSSR count). The molecule has 0 heterocycles. The topological polar surface area (TPSA) is 66.8 Å². The van der Waals surface area contributed by atoms with Crippen LogP contribution in [0.2, 0.25) is 0 Å². The molecular weight excluding hydrogens is 272 g/mol. The van der Waals surface area contributed by atoms with E-state index in [2.05, 4.69) is 4.74 Å². The van der Waals surface area contributed by atoms with E-state index in [0.29, 0.717) is 0 Å². The van der Waals surface area contributed by atoms with Gasteiger partial charge in [0.25, 0.3) is 5.91 Å². The molecular formula is C13H13F2NO4. The van der Waals surface area contributed by atoms with Gasteiger partial charge in [-0.1, -0.05) is 6.07 Å². The standard InChI is InChI=1S/C13H13F2NO4/c14-13(15)20-10-3-1-2-8(6-10)12(19)16(7-11(17)18)9-4-5-9/h1-3,6,9,13H,4-5,7H2,(H,17,18). The van der Waals surface area contributed by atoms with Gasteiger partial charge < -0.3 is 14.7 Å². The predicted octanol–water partition coefficient (Wildman–Crippen LogP) is 1.98. The maximum Gasteiger partial charge on any atom is 0.387 e. The molecule has 0 aliphatic heterocycles. The second kappa shape index (κ2) is 5.85. The number of carboxylic acid groups (broad SMARTS) is 1. The smallest absolute Gasteiger partial charge is 0.387 e. The molecule has 1 saturated carbocycles. The first-order chi connectivity index (χ1) is 9.47. The van der Waals surface area contributed by atoms with Gasteiger partial charge in [0.2, 0.25) is 0 Å². The van der Waals surface area contributed by atoms with Crippen molar-refractivity contribution >= 4 is 11.9 Å². The Balaban J connectivity index is 2.16. The SMILES string of the molecule is O=C(O)CN(C(=O)c1cccc(OC(F)F)c1)C1CC1. The Morgan fingerprint density at radius 1 is 1.40 bits per heavy atom. The van der Waals surface area contributed by atoms with Crippen molar-refractivity contribution in [2.24, 2.45) is 0 Å². The Morgan fingerprint density at radius 3 is 2.65 bits per heavy atom. The Morgan fingerprint density at radius 2 is 2.10 bits per heavy atom. The van der Waals surface area contributed by atoms with E-state index in [9.17, 15) is 18.4 Å². The third kappa shape index (κ3) is 3.66. The summed E-state index contributed by atoms with van der Waals surface area (Å²) in [6.45, 7) is -3.37. The molecule has 1 amide bonds. The number of carbonyl (C=O) groups is 2. The lowest BCUT2D eigenvalue weighted by Gasteiger charge is -2.20. The van der Waals surface area contributed by atoms with Gasteiger partial charge in [-0.3, -0.25) is 9.59 Å². The number of carboxylic acids is 1. The van der Waals surface area contributed by atoms with Gasteiger partial charge in [-0.2, -0.15) is 8.78 Å². The maximum atomic E-state index is 12.2. The lowest BCUT2D eigenvalue weighted by atomic mass is 10.2. The van der Waals surface area contributed by atoms with Gasteiger partial charge >= 0.3 is 12.6 Å². The molecule has 1 aromatic rings. The molecule has 0 saturated heterocycles. The van der Waals surface area contributed by atoms with Crippen molar-refractivity contribution in [2.75, 3.05) is 6.54 Å². The minimum atomic E-state index is -2.97. The fourth-order valence-corrected chi connectivity index (χ4v) is 1.87. The molecule has 1 N–H and O–H groups in total. The van der Waals surface area contributed by atoms with Crippen molar-refractivity contribution < 1.29 is 28.2 Å². The van der Waals surface area contributed by atoms with Gasteiger partial charge in [0.15, 0.2) is 0 Å². The van der Waals surface area contributed by atoms with Crippen LogP contribution < -0.4 is 4.74 Å². The minimum absolute atomic E-state index is 0.0849. The summed E-state index contributed by atoms with van der Waals surface area (Å²) in [5, 5.41) is 8.81. The van der Waals surface area contributed by atoms with Crippen molar-refractivity contribution in [3.8, 4) is 5.75 Å². The summed E-state index contributed by atoms with van der Waals surface area (Å²) < 4.78 is 28.5. The molecule has 20 heavy (non-hydrogen) atoms. The fraction of sp³-hybridized carbons (Fsp3) is 0.385.